The van der Waals surface area contributed by atoms with Crippen LogP contribution in [0.5, 0.6) is 5.75 Å². The Balaban J connectivity index is 1.41. The molecule has 0 fully saturated rings. The van der Waals surface area contributed by atoms with Gasteiger partial charge in [-0.05, 0) is 32.0 Å². The van der Waals surface area contributed by atoms with Crippen molar-refractivity contribution in [3.05, 3.63) is 77.3 Å². The first kappa shape index (κ1) is 21.3. The number of aromatic nitrogens is 4. The summed E-state index contributed by atoms with van der Waals surface area (Å²) in [4.78, 5) is 21.9. The van der Waals surface area contributed by atoms with E-state index in [-0.39, 0.29) is 18.2 Å². The molecular weight excluding hydrogens is 436 g/mol. The number of methoxy groups -OCH3 is 1. The van der Waals surface area contributed by atoms with Crippen molar-refractivity contribution >= 4 is 17.1 Å². The Morgan fingerprint density at radius 1 is 0.971 bits per heavy atom. The fourth-order valence-corrected chi connectivity index (χ4v) is 3.59. The zero-order valence-electron chi connectivity index (χ0n) is 18.7. The molecule has 0 unspecified atom stereocenters. The lowest BCUT2D eigenvalue weighted by molar-refractivity contribution is 0.0432. The minimum absolute atomic E-state index is 0.153. The molecule has 0 atom stereocenters. The molecule has 0 spiro atoms. The highest BCUT2D eigenvalue weighted by molar-refractivity contribution is 6.04. The van der Waals surface area contributed by atoms with E-state index in [4.69, 9.17) is 18.5 Å². The number of carbonyl (C=O) groups excluding carboxylic acids is 1. The predicted molar refractivity (Wildman–Crippen MR) is 122 cm³/mol. The number of nitrogens with zero attached hydrogens (tertiary/aromatic N) is 4. The first-order valence-corrected chi connectivity index (χ1v) is 10.5. The molecule has 0 aliphatic heterocycles. The summed E-state index contributed by atoms with van der Waals surface area (Å²) in [5, 5.41) is 8.43. The quantitative estimate of drug-likeness (QED) is 0.328. The van der Waals surface area contributed by atoms with Gasteiger partial charge in [0.1, 0.15) is 5.75 Å². The number of para-hydroxylation sites is 1. The summed E-state index contributed by atoms with van der Waals surface area (Å²) in [6.45, 7) is 3.54. The van der Waals surface area contributed by atoms with Crippen molar-refractivity contribution in [2.75, 3.05) is 7.11 Å². The van der Waals surface area contributed by atoms with Crippen LogP contribution in [0.4, 0.5) is 0 Å². The van der Waals surface area contributed by atoms with Crippen molar-refractivity contribution in [1.29, 1.82) is 0 Å². The molecule has 3 heterocycles. The second-order valence-corrected chi connectivity index (χ2v) is 7.66. The lowest BCUT2D eigenvalue weighted by atomic mass is 10.0. The molecule has 9 heteroatoms. The van der Waals surface area contributed by atoms with Crippen molar-refractivity contribution in [3.63, 3.8) is 0 Å². The molecule has 2 aromatic carbocycles. The van der Waals surface area contributed by atoms with Crippen LogP contribution in [0.15, 0.2) is 63.6 Å². The van der Waals surface area contributed by atoms with E-state index in [1.807, 2.05) is 49.4 Å². The van der Waals surface area contributed by atoms with Gasteiger partial charge in [0, 0.05) is 5.56 Å². The highest BCUT2D eigenvalue weighted by atomic mass is 16.6. The highest BCUT2D eigenvalue weighted by Crippen LogP contribution is 2.29. The summed E-state index contributed by atoms with van der Waals surface area (Å²) in [6, 6.07) is 16.8. The molecule has 170 valence electrons. The van der Waals surface area contributed by atoms with Crippen LogP contribution in [0.1, 0.15) is 27.5 Å². The molecule has 0 bridgehead atoms. The Bertz CT molecular complexity index is 1490. The number of carbonyl (C=O) groups is 1. The predicted octanol–water partition coefficient (Wildman–Crippen LogP) is 4.92. The van der Waals surface area contributed by atoms with Crippen LogP contribution in [-0.4, -0.2) is 33.4 Å². The molecule has 34 heavy (non-hydrogen) atoms. The third-order valence-electron chi connectivity index (χ3n) is 5.33. The van der Waals surface area contributed by atoms with E-state index in [9.17, 15) is 4.79 Å². The summed E-state index contributed by atoms with van der Waals surface area (Å²) < 4.78 is 21.4. The molecular formula is C25H20N4O5. The molecule has 0 aliphatic carbocycles. The zero-order valence-corrected chi connectivity index (χ0v) is 18.7. The summed E-state index contributed by atoms with van der Waals surface area (Å²) in [5.41, 5.74) is 4.31. The Morgan fingerprint density at radius 3 is 2.56 bits per heavy atom. The maximum Gasteiger partial charge on any atom is 0.339 e. The largest absolute Gasteiger partial charge is 0.496 e. The van der Waals surface area contributed by atoms with Gasteiger partial charge in [-0.2, -0.15) is 4.98 Å². The minimum Gasteiger partial charge on any atom is -0.496 e. The van der Waals surface area contributed by atoms with Crippen molar-refractivity contribution < 1.29 is 23.3 Å². The van der Waals surface area contributed by atoms with Crippen LogP contribution < -0.4 is 4.74 Å². The highest BCUT2D eigenvalue weighted by Gasteiger charge is 2.22. The van der Waals surface area contributed by atoms with Crippen molar-refractivity contribution in [2.45, 2.75) is 20.5 Å². The third kappa shape index (κ3) is 3.99. The van der Waals surface area contributed by atoms with E-state index >= 15 is 0 Å². The van der Waals surface area contributed by atoms with Crippen LogP contribution in [0.2, 0.25) is 0 Å². The fourth-order valence-electron chi connectivity index (χ4n) is 3.59. The number of hydrogen-bond acceptors (Lipinski definition) is 9. The number of esters is 1. The normalized spacial score (nSPS) is 11.0. The SMILES string of the molecule is COc1ccccc1-c1noc(COC(=O)c2cc(-c3ccc(C)cc3)nc3onc(C)c23)n1. The van der Waals surface area contributed by atoms with Gasteiger partial charge >= 0.3 is 5.97 Å². The van der Waals surface area contributed by atoms with Gasteiger partial charge in [0.05, 0.1) is 35.0 Å². The number of pyridine rings is 1. The maximum atomic E-state index is 13.1. The van der Waals surface area contributed by atoms with Gasteiger partial charge in [-0.15, -0.1) is 0 Å². The van der Waals surface area contributed by atoms with Gasteiger partial charge in [0.2, 0.25) is 5.82 Å². The van der Waals surface area contributed by atoms with Gasteiger partial charge in [-0.1, -0.05) is 52.3 Å². The summed E-state index contributed by atoms with van der Waals surface area (Å²) in [5.74, 6) is 0.522. The molecule has 5 aromatic rings. The monoisotopic (exact) mass is 456 g/mol. The van der Waals surface area contributed by atoms with E-state index in [1.54, 1.807) is 26.2 Å². The Morgan fingerprint density at radius 2 is 1.76 bits per heavy atom. The standard InChI is InChI=1S/C25H20N4O5/c1-14-8-10-16(11-9-14)19-12-18(22-15(2)28-34-24(22)26-19)25(30)32-13-21-27-23(29-33-21)17-6-4-5-7-20(17)31-3/h4-12H,13H2,1-3H3. The smallest absolute Gasteiger partial charge is 0.339 e. The van der Waals surface area contributed by atoms with Crippen molar-refractivity contribution in [2.24, 2.45) is 0 Å². The van der Waals surface area contributed by atoms with Crippen LogP contribution in [0.25, 0.3) is 33.7 Å². The van der Waals surface area contributed by atoms with Gasteiger partial charge in [0.15, 0.2) is 6.61 Å². The first-order chi connectivity index (χ1) is 16.5. The van der Waals surface area contributed by atoms with E-state index in [1.165, 1.54) is 0 Å². The van der Waals surface area contributed by atoms with E-state index in [2.05, 4.69) is 20.3 Å². The zero-order chi connectivity index (χ0) is 23.7. The summed E-state index contributed by atoms with van der Waals surface area (Å²) in [7, 11) is 1.56. The number of benzene rings is 2. The molecule has 5 rings (SSSR count). The second kappa shape index (κ2) is 8.78. The molecule has 0 radical (unpaired) electrons. The van der Waals surface area contributed by atoms with Gasteiger partial charge < -0.3 is 18.5 Å². The fraction of sp³-hybridized carbons (Fsp3) is 0.160. The van der Waals surface area contributed by atoms with Gasteiger partial charge in [-0.3, -0.25) is 0 Å². The topological polar surface area (TPSA) is 113 Å². The Labute approximate surface area is 194 Å². The maximum absolute atomic E-state index is 13.1. The van der Waals surface area contributed by atoms with Crippen molar-refractivity contribution in [3.8, 4) is 28.4 Å². The third-order valence-corrected chi connectivity index (χ3v) is 5.33. The molecule has 0 N–H and O–H groups in total. The van der Waals surface area contributed by atoms with Crippen LogP contribution in [-0.2, 0) is 11.3 Å². The van der Waals surface area contributed by atoms with Gasteiger partial charge in [-0.25, -0.2) is 9.78 Å². The average Bonchev–Trinajstić information content (AvgIpc) is 3.49. The van der Waals surface area contributed by atoms with Crippen molar-refractivity contribution in [1.82, 2.24) is 20.3 Å². The van der Waals surface area contributed by atoms with Crippen LogP contribution >= 0.6 is 0 Å². The lowest BCUT2D eigenvalue weighted by Crippen LogP contribution is -2.07. The summed E-state index contributed by atoms with van der Waals surface area (Å²) in [6.07, 6.45) is 0. The Kier molecular flexibility index (Phi) is 5.51. The molecule has 0 amide bonds. The Hall–Kier alpha value is -4.53. The molecule has 0 saturated heterocycles. The van der Waals surface area contributed by atoms with Crippen LogP contribution in [0.3, 0.4) is 0 Å². The molecule has 0 aliphatic rings. The average molecular weight is 456 g/mol. The molecule has 0 saturated carbocycles. The number of hydrogen-bond donors (Lipinski definition) is 0. The molecule has 3 aromatic heterocycles. The van der Waals surface area contributed by atoms with Crippen LogP contribution in [0, 0.1) is 13.8 Å². The molecule has 9 nitrogen and oxygen atoms in total. The van der Waals surface area contributed by atoms with E-state index in [0.717, 1.165) is 11.1 Å². The van der Waals surface area contributed by atoms with E-state index < -0.39 is 5.97 Å². The summed E-state index contributed by atoms with van der Waals surface area (Å²) >= 11 is 0. The number of fused-ring (bicyclic) bond motifs is 1. The number of ether oxygens (including phenoxy) is 2. The second-order valence-electron chi connectivity index (χ2n) is 7.66. The van der Waals surface area contributed by atoms with E-state index in [0.29, 0.717) is 39.5 Å². The lowest BCUT2D eigenvalue weighted by Gasteiger charge is -2.07. The number of rotatable bonds is 6. The minimum atomic E-state index is -0.580. The first-order valence-electron chi connectivity index (χ1n) is 10.5. The number of aryl methyl sites for hydroxylation is 2. The van der Waals surface area contributed by atoms with Gasteiger partial charge in [0.25, 0.3) is 11.6 Å².